The minimum Gasteiger partial charge on any atom is -0.380 e. The molecule has 1 saturated carbocycles. The van der Waals surface area contributed by atoms with E-state index in [1.165, 1.54) is 6.07 Å². The molecule has 1 heterocycles. The number of nitrogens with zero attached hydrogens (tertiary/aromatic N) is 1. The van der Waals surface area contributed by atoms with Crippen LogP contribution >= 0.6 is 11.6 Å². The topological polar surface area (TPSA) is 52.0 Å². The van der Waals surface area contributed by atoms with Gasteiger partial charge in [0.2, 0.25) is 0 Å². The standard InChI is InChI=1S/C14H14ClFN2O/c1-7(8-5-6-8)13-12(14(17)18-19-13)11-9(15)3-2-4-10(11)16/h2-4,7-8H,5-6H2,1H3,(H2,17,18). The summed E-state index contributed by atoms with van der Waals surface area (Å²) in [4.78, 5) is 0. The molecule has 3 rings (SSSR count). The van der Waals surface area contributed by atoms with Crippen molar-refractivity contribution >= 4 is 17.4 Å². The van der Waals surface area contributed by atoms with Crippen molar-refractivity contribution in [2.24, 2.45) is 5.92 Å². The van der Waals surface area contributed by atoms with Crippen LogP contribution in [-0.2, 0) is 0 Å². The van der Waals surface area contributed by atoms with Crippen LogP contribution in [0.1, 0.15) is 31.4 Å². The smallest absolute Gasteiger partial charge is 0.175 e. The summed E-state index contributed by atoms with van der Waals surface area (Å²) < 4.78 is 19.4. The van der Waals surface area contributed by atoms with Gasteiger partial charge in [-0.15, -0.1) is 0 Å². The fourth-order valence-electron chi connectivity index (χ4n) is 2.42. The van der Waals surface area contributed by atoms with Crippen molar-refractivity contribution in [3.8, 4) is 11.1 Å². The highest BCUT2D eigenvalue weighted by atomic mass is 35.5. The largest absolute Gasteiger partial charge is 0.380 e. The monoisotopic (exact) mass is 280 g/mol. The summed E-state index contributed by atoms with van der Waals surface area (Å²) in [5, 5.41) is 4.10. The quantitative estimate of drug-likeness (QED) is 0.915. The minimum absolute atomic E-state index is 0.176. The lowest BCUT2D eigenvalue weighted by atomic mass is 9.95. The molecule has 0 amide bonds. The van der Waals surface area contributed by atoms with E-state index in [1.54, 1.807) is 12.1 Å². The molecule has 1 unspecified atom stereocenters. The van der Waals surface area contributed by atoms with Crippen LogP contribution in [-0.4, -0.2) is 5.16 Å². The molecular weight excluding hydrogens is 267 g/mol. The maximum absolute atomic E-state index is 14.0. The van der Waals surface area contributed by atoms with E-state index in [0.29, 0.717) is 22.3 Å². The number of benzene rings is 1. The lowest BCUT2D eigenvalue weighted by molar-refractivity contribution is 0.358. The maximum Gasteiger partial charge on any atom is 0.175 e. The summed E-state index contributed by atoms with van der Waals surface area (Å²) in [7, 11) is 0. The van der Waals surface area contributed by atoms with E-state index in [9.17, 15) is 4.39 Å². The third-order valence-electron chi connectivity index (χ3n) is 3.70. The van der Waals surface area contributed by atoms with Crippen molar-refractivity contribution in [1.29, 1.82) is 0 Å². The number of hydrogen-bond donors (Lipinski definition) is 1. The molecule has 3 nitrogen and oxygen atoms in total. The van der Waals surface area contributed by atoms with Crippen molar-refractivity contribution < 1.29 is 8.91 Å². The number of aromatic nitrogens is 1. The Balaban J connectivity index is 2.16. The predicted octanol–water partition coefficient (Wildman–Crippen LogP) is 4.23. The van der Waals surface area contributed by atoms with Crippen LogP contribution in [0.25, 0.3) is 11.1 Å². The van der Waals surface area contributed by atoms with Gasteiger partial charge in [0.1, 0.15) is 11.6 Å². The fraction of sp³-hybridized carbons (Fsp3) is 0.357. The van der Waals surface area contributed by atoms with Crippen LogP contribution < -0.4 is 5.73 Å². The average molecular weight is 281 g/mol. The fourth-order valence-corrected chi connectivity index (χ4v) is 2.68. The zero-order valence-electron chi connectivity index (χ0n) is 10.5. The van der Waals surface area contributed by atoms with E-state index < -0.39 is 5.82 Å². The Bertz CT molecular complexity index is 602. The molecule has 2 aromatic rings. The molecule has 0 spiro atoms. The molecule has 0 aliphatic heterocycles. The Morgan fingerprint density at radius 2 is 2.16 bits per heavy atom. The SMILES string of the molecule is CC(c1onc(N)c1-c1c(F)cccc1Cl)C1CC1. The second-order valence-electron chi connectivity index (χ2n) is 5.03. The van der Waals surface area contributed by atoms with Gasteiger partial charge in [0, 0.05) is 11.5 Å². The van der Waals surface area contributed by atoms with E-state index in [2.05, 4.69) is 12.1 Å². The Labute approximate surface area is 115 Å². The molecule has 100 valence electrons. The Hall–Kier alpha value is -1.55. The molecule has 0 radical (unpaired) electrons. The Morgan fingerprint density at radius 3 is 2.79 bits per heavy atom. The van der Waals surface area contributed by atoms with Gasteiger partial charge in [-0.3, -0.25) is 0 Å². The van der Waals surface area contributed by atoms with Crippen LogP contribution in [0.4, 0.5) is 10.2 Å². The number of halogens is 2. The number of nitrogens with two attached hydrogens (primary N) is 1. The van der Waals surface area contributed by atoms with Crippen molar-refractivity contribution in [2.75, 3.05) is 5.73 Å². The number of nitrogen functional groups attached to an aromatic ring is 1. The number of rotatable bonds is 3. The molecule has 1 fully saturated rings. The van der Waals surface area contributed by atoms with E-state index in [4.69, 9.17) is 21.9 Å². The predicted molar refractivity (Wildman–Crippen MR) is 72.5 cm³/mol. The zero-order chi connectivity index (χ0) is 13.6. The van der Waals surface area contributed by atoms with Crippen LogP contribution in [0.5, 0.6) is 0 Å². The number of hydrogen-bond acceptors (Lipinski definition) is 3. The highest BCUT2D eigenvalue weighted by Gasteiger charge is 2.35. The van der Waals surface area contributed by atoms with E-state index in [1.807, 2.05) is 0 Å². The van der Waals surface area contributed by atoms with Crippen molar-refractivity contribution in [1.82, 2.24) is 5.16 Å². The van der Waals surface area contributed by atoms with Crippen LogP contribution in [0.2, 0.25) is 5.02 Å². The van der Waals surface area contributed by atoms with Crippen molar-refractivity contribution in [2.45, 2.75) is 25.7 Å². The van der Waals surface area contributed by atoms with Gasteiger partial charge in [0.15, 0.2) is 5.82 Å². The first kappa shape index (κ1) is 12.5. The molecule has 1 aromatic carbocycles. The molecule has 1 aromatic heterocycles. The molecule has 2 N–H and O–H groups in total. The van der Waals surface area contributed by atoms with Crippen LogP contribution in [0.3, 0.4) is 0 Å². The zero-order valence-corrected chi connectivity index (χ0v) is 11.2. The normalized spacial score (nSPS) is 16.6. The molecular formula is C14H14ClFN2O. The molecule has 19 heavy (non-hydrogen) atoms. The third kappa shape index (κ3) is 2.10. The maximum atomic E-state index is 14.0. The van der Waals surface area contributed by atoms with Crippen LogP contribution in [0.15, 0.2) is 22.7 Å². The van der Waals surface area contributed by atoms with Gasteiger partial charge >= 0.3 is 0 Å². The van der Waals surface area contributed by atoms with Gasteiger partial charge in [-0.2, -0.15) is 0 Å². The summed E-state index contributed by atoms with van der Waals surface area (Å²) in [5.41, 5.74) is 6.62. The van der Waals surface area contributed by atoms with E-state index >= 15 is 0 Å². The van der Waals surface area contributed by atoms with Gasteiger partial charge < -0.3 is 10.3 Å². The van der Waals surface area contributed by atoms with Gasteiger partial charge in [-0.1, -0.05) is 29.7 Å². The molecule has 1 aliphatic carbocycles. The summed E-state index contributed by atoms with van der Waals surface area (Å²) in [6.07, 6.45) is 2.32. The highest BCUT2D eigenvalue weighted by Crippen LogP contribution is 2.47. The lowest BCUT2D eigenvalue weighted by Gasteiger charge is -2.10. The van der Waals surface area contributed by atoms with Crippen molar-refractivity contribution in [3.63, 3.8) is 0 Å². The lowest BCUT2D eigenvalue weighted by Crippen LogP contribution is -1.99. The summed E-state index contributed by atoms with van der Waals surface area (Å²) >= 11 is 6.10. The molecule has 1 atom stereocenters. The minimum atomic E-state index is -0.411. The van der Waals surface area contributed by atoms with E-state index in [0.717, 1.165) is 12.8 Å². The number of anilines is 1. The first-order chi connectivity index (χ1) is 9.09. The van der Waals surface area contributed by atoms with Gasteiger partial charge in [0.25, 0.3) is 0 Å². The highest BCUT2D eigenvalue weighted by molar-refractivity contribution is 6.33. The summed E-state index contributed by atoms with van der Waals surface area (Å²) in [5.74, 6) is 1.15. The second kappa shape index (κ2) is 4.53. The molecule has 1 aliphatic rings. The first-order valence-electron chi connectivity index (χ1n) is 6.29. The average Bonchev–Trinajstić information content (AvgIpc) is 3.14. The van der Waals surface area contributed by atoms with Gasteiger partial charge in [-0.25, -0.2) is 4.39 Å². The Morgan fingerprint density at radius 1 is 1.42 bits per heavy atom. The molecule has 5 heteroatoms. The summed E-state index contributed by atoms with van der Waals surface area (Å²) in [6.45, 7) is 2.05. The van der Waals surface area contributed by atoms with Gasteiger partial charge in [-0.05, 0) is 30.9 Å². The second-order valence-corrected chi connectivity index (χ2v) is 5.44. The molecule has 0 bridgehead atoms. The first-order valence-corrected chi connectivity index (χ1v) is 6.66. The van der Waals surface area contributed by atoms with Gasteiger partial charge in [0.05, 0.1) is 10.6 Å². The Kier molecular flexibility index (Phi) is 2.97. The van der Waals surface area contributed by atoms with Crippen LogP contribution in [0, 0.1) is 11.7 Å². The third-order valence-corrected chi connectivity index (χ3v) is 4.02. The molecule has 0 saturated heterocycles. The van der Waals surface area contributed by atoms with E-state index in [-0.39, 0.29) is 17.3 Å². The summed E-state index contributed by atoms with van der Waals surface area (Å²) in [6, 6.07) is 4.56. The van der Waals surface area contributed by atoms with Crippen molar-refractivity contribution in [3.05, 3.63) is 34.8 Å².